The van der Waals surface area contributed by atoms with E-state index in [-0.39, 0.29) is 16.3 Å². The highest BCUT2D eigenvalue weighted by molar-refractivity contribution is 7.90. The average molecular weight is 448 g/mol. The predicted octanol–water partition coefficient (Wildman–Crippen LogP) is 3.74. The highest BCUT2D eigenvalue weighted by atomic mass is 35.5. The molecule has 29 heavy (non-hydrogen) atoms. The number of alkyl halides is 3. The molecule has 1 N–H and O–H groups in total. The molecular weight excluding hydrogens is 435 g/mol. The number of carbonyl (C=O) groups is 1. The van der Waals surface area contributed by atoms with Crippen molar-refractivity contribution in [3.63, 3.8) is 0 Å². The number of hydrogen-bond acceptors (Lipinski definition) is 5. The Balaban J connectivity index is 2.13. The number of nitrogens with one attached hydrogen (secondary N) is 1. The fourth-order valence-corrected chi connectivity index (χ4v) is 4.20. The van der Waals surface area contributed by atoms with Crippen LogP contribution in [-0.2, 0) is 14.8 Å². The molecule has 12 heteroatoms. The second-order valence-electron chi connectivity index (χ2n) is 5.95. The van der Waals surface area contributed by atoms with Gasteiger partial charge in [-0.05, 0) is 36.8 Å². The van der Waals surface area contributed by atoms with Gasteiger partial charge >= 0.3 is 12.1 Å². The monoisotopic (exact) mass is 447 g/mol. The molecule has 2 aromatic heterocycles. The Morgan fingerprint density at radius 2 is 1.97 bits per heavy atom. The molecule has 2 heterocycles. The summed E-state index contributed by atoms with van der Waals surface area (Å²) in [5, 5.41) is 2.44. The van der Waals surface area contributed by atoms with Crippen molar-refractivity contribution in [2.75, 3.05) is 12.4 Å². The molecule has 7 nitrogen and oxygen atoms in total. The average Bonchev–Trinajstić information content (AvgIpc) is 2.97. The van der Waals surface area contributed by atoms with Gasteiger partial charge in [-0.1, -0.05) is 11.6 Å². The Bertz CT molecular complexity index is 1220. The summed E-state index contributed by atoms with van der Waals surface area (Å²) in [6.07, 6.45) is -2.56. The SMILES string of the molecule is COc1ccc(S(=O)(=O)n2cc(C)c3cc(Cl)cnc32)cc1NC(=O)C(F)(F)F. The lowest BCUT2D eigenvalue weighted by Crippen LogP contribution is -2.30. The standard InChI is InChI=1S/C17H13ClF3N3O4S/c1-9-8-24(15-12(9)5-10(18)7-22-15)29(26,27)11-3-4-14(28-2)13(6-11)23-16(25)17(19,20)21/h3-8H,1-2H3,(H,23,25). The van der Waals surface area contributed by atoms with Gasteiger partial charge in [0.25, 0.3) is 10.0 Å². The van der Waals surface area contributed by atoms with Crippen LogP contribution in [-0.4, -0.2) is 36.6 Å². The molecule has 0 aliphatic heterocycles. The maximum atomic E-state index is 13.1. The summed E-state index contributed by atoms with van der Waals surface area (Å²) >= 11 is 5.90. The number of pyridine rings is 1. The Kier molecular flexibility index (Phi) is 5.22. The molecule has 0 aliphatic rings. The third-order valence-corrected chi connectivity index (χ3v) is 5.86. The second kappa shape index (κ2) is 7.23. The molecule has 0 radical (unpaired) electrons. The summed E-state index contributed by atoms with van der Waals surface area (Å²) in [7, 11) is -3.08. The van der Waals surface area contributed by atoms with E-state index in [4.69, 9.17) is 16.3 Å². The van der Waals surface area contributed by atoms with E-state index < -0.39 is 27.8 Å². The van der Waals surface area contributed by atoms with Crippen LogP contribution >= 0.6 is 11.6 Å². The normalized spacial score (nSPS) is 12.2. The highest BCUT2D eigenvalue weighted by Crippen LogP contribution is 2.32. The molecule has 0 bridgehead atoms. The van der Waals surface area contributed by atoms with E-state index >= 15 is 0 Å². The topological polar surface area (TPSA) is 90.3 Å². The molecule has 0 saturated heterocycles. The summed E-state index contributed by atoms with van der Waals surface area (Å²) in [5.41, 5.74) is 0.237. The smallest absolute Gasteiger partial charge is 0.471 e. The Morgan fingerprint density at radius 3 is 2.59 bits per heavy atom. The van der Waals surface area contributed by atoms with Crippen LogP contribution in [0.5, 0.6) is 5.75 Å². The third kappa shape index (κ3) is 3.87. The first-order chi connectivity index (χ1) is 13.4. The van der Waals surface area contributed by atoms with Gasteiger partial charge in [0.15, 0.2) is 5.65 Å². The molecule has 1 amide bonds. The largest absolute Gasteiger partial charge is 0.495 e. The Hall–Kier alpha value is -2.79. The second-order valence-corrected chi connectivity index (χ2v) is 8.20. The Morgan fingerprint density at radius 1 is 1.28 bits per heavy atom. The fourth-order valence-electron chi connectivity index (χ4n) is 2.64. The van der Waals surface area contributed by atoms with Crippen LogP contribution in [0, 0.1) is 6.92 Å². The number of aryl methyl sites for hydroxylation is 1. The molecule has 154 valence electrons. The first kappa shape index (κ1) is 20.9. The molecule has 1 aromatic carbocycles. The summed E-state index contributed by atoms with van der Waals surface area (Å²) in [6, 6.07) is 4.72. The number of amides is 1. The lowest BCUT2D eigenvalue weighted by Gasteiger charge is -2.14. The minimum Gasteiger partial charge on any atom is -0.495 e. The van der Waals surface area contributed by atoms with Crippen molar-refractivity contribution < 1.29 is 31.1 Å². The zero-order valence-corrected chi connectivity index (χ0v) is 16.5. The van der Waals surface area contributed by atoms with E-state index in [1.165, 1.54) is 19.5 Å². The van der Waals surface area contributed by atoms with Crippen molar-refractivity contribution >= 4 is 44.3 Å². The number of halogens is 4. The maximum absolute atomic E-state index is 13.1. The number of rotatable bonds is 4. The summed E-state index contributed by atoms with van der Waals surface area (Å²) in [5.74, 6) is -2.40. The molecule has 3 rings (SSSR count). The molecule has 0 aliphatic carbocycles. The van der Waals surface area contributed by atoms with Gasteiger partial charge < -0.3 is 10.1 Å². The number of aromatic nitrogens is 2. The zero-order valence-electron chi connectivity index (χ0n) is 14.9. The van der Waals surface area contributed by atoms with Gasteiger partial charge in [0.05, 0.1) is 22.7 Å². The van der Waals surface area contributed by atoms with Crippen LogP contribution < -0.4 is 10.1 Å². The van der Waals surface area contributed by atoms with Gasteiger partial charge in [-0.25, -0.2) is 17.4 Å². The van der Waals surface area contributed by atoms with Crippen LogP contribution in [0.25, 0.3) is 11.0 Å². The van der Waals surface area contributed by atoms with E-state index in [9.17, 15) is 26.4 Å². The Labute approximate surface area is 168 Å². The van der Waals surface area contributed by atoms with Crippen molar-refractivity contribution in [2.24, 2.45) is 0 Å². The van der Waals surface area contributed by atoms with E-state index in [1.54, 1.807) is 18.3 Å². The minimum absolute atomic E-state index is 0.101. The summed E-state index contributed by atoms with van der Waals surface area (Å²) < 4.78 is 69.7. The zero-order chi connectivity index (χ0) is 21.6. The summed E-state index contributed by atoms with van der Waals surface area (Å²) in [6.45, 7) is 1.66. The molecule has 3 aromatic rings. The first-order valence-electron chi connectivity index (χ1n) is 7.90. The van der Waals surface area contributed by atoms with Gasteiger partial charge in [-0.3, -0.25) is 4.79 Å². The van der Waals surface area contributed by atoms with Crippen molar-refractivity contribution in [3.8, 4) is 5.75 Å². The number of benzene rings is 1. The van der Waals surface area contributed by atoms with Crippen molar-refractivity contribution in [2.45, 2.75) is 18.0 Å². The molecular formula is C17H13ClF3N3O4S. The van der Waals surface area contributed by atoms with Gasteiger partial charge in [0.2, 0.25) is 0 Å². The van der Waals surface area contributed by atoms with Crippen molar-refractivity contribution in [1.29, 1.82) is 0 Å². The van der Waals surface area contributed by atoms with Gasteiger partial charge in [-0.2, -0.15) is 13.2 Å². The molecule has 0 saturated carbocycles. The van der Waals surface area contributed by atoms with Crippen LogP contribution in [0.1, 0.15) is 5.56 Å². The minimum atomic E-state index is -5.16. The van der Waals surface area contributed by atoms with E-state index in [1.807, 2.05) is 0 Å². The first-order valence-corrected chi connectivity index (χ1v) is 9.72. The van der Waals surface area contributed by atoms with E-state index in [0.717, 1.165) is 22.2 Å². The molecule has 0 unspecified atom stereocenters. The van der Waals surface area contributed by atoms with Crippen LogP contribution in [0.2, 0.25) is 5.02 Å². The highest BCUT2D eigenvalue weighted by Gasteiger charge is 2.39. The number of anilines is 1. The molecule has 0 spiro atoms. The van der Waals surface area contributed by atoms with Crippen molar-refractivity contribution in [1.82, 2.24) is 8.96 Å². The van der Waals surface area contributed by atoms with Crippen LogP contribution in [0.4, 0.5) is 18.9 Å². The van der Waals surface area contributed by atoms with Gasteiger partial charge in [-0.15, -0.1) is 0 Å². The summed E-state index contributed by atoms with van der Waals surface area (Å²) in [4.78, 5) is 14.9. The molecule has 0 fully saturated rings. The number of hydrogen-bond donors (Lipinski definition) is 1. The number of fused-ring (bicyclic) bond motifs is 1. The number of nitrogens with zero attached hydrogens (tertiary/aromatic N) is 2. The van der Waals surface area contributed by atoms with Crippen molar-refractivity contribution in [3.05, 3.63) is 47.2 Å². The van der Waals surface area contributed by atoms with Crippen LogP contribution in [0.15, 0.2) is 41.6 Å². The fraction of sp³-hybridized carbons (Fsp3) is 0.176. The lowest BCUT2D eigenvalue weighted by atomic mass is 10.2. The van der Waals surface area contributed by atoms with E-state index in [2.05, 4.69) is 4.98 Å². The van der Waals surface area contributed by atoms with Crippen LogP contribution in [0.3, 0.4) is 0 Å². The number of carbonyl (C=O) groups excluding carboxylic acids is 1. The van der Waals surface area contributed by atoms with E-state index in [0.29, 0.717) is 16.0 Å². The number of ether oxygens (including phenoxy) is 1. The van der Waals surface area contributed by atoms with Gasteiger partial charge in [0.1, 0.15) is 5.75 Å². The quantitative estimate of drug-likeness (QED) is 0.658. The molecule has 0 atom stereocenters. The maximum Gasteiger partial charge on any atom is 0.471 e. The van der Waals surface area contributed by atoms with Gasteiger partial charge in [0, 0.05) is 17.8 Å². The third-order valence-electron chi connectivity index (χ3n) is 4.01. The lowest BCUT2D eigenvalue weighted by molar-refractivity contribution is -0.167. The predicted molar refractivity (Wildman–Crippen MR) is 99.7 cm³/mol. The number of methoxy groups -OCH3 is 1.